The minimum Gasteiger partial charge on any atom is -0.368 e. The van der Waals surface area contributed by atoms with Crippen molar-refractivity contribution >= 4 is 22.2 Å². The highest BCUT2D eigenvalue weighted by atomic mass is 32.2. The molecule has 21 heavy (non-hydrogen) atoms. The predicted octanol–water partition coefficient (Wildman–Crippen LogP) is -1.34. The van der Waals surface area contributed by atoms with Crippen molar-refractivity contribution in [2.24, 2.45) is 5.73 Å². The number of aromatic nitrogens is 2. The molecule has 0 aromatic carbocycles. The summed E-state index contributed by atoms with van der Waals surface area (Å²) < 4.78 is 29.6. The molecule has 0 aliphatic carbocycles. The lowest BCUT2D eigenvalue weighted by Crippen LogP contribution is -2.47. The molecule has 2 atom stereocenters. The number of hydroxylamine groups is 2. The fourth-order valence-corrected chi connectivity index (χ4v) is 3.38. The molecule has 2 saturated heterocycles. The Morgan fingerprint density at radius 2 is 2.19 bits per heavy atom. The molecular formula is C10H13N5O5S. The predicted molar refractivity (Wildman–Crippen MR) is 67.6 cm³/mol. The van der Waals surface area contributed by atoms with E-state index in [1.807, 2.05) is 0 Å². The fourth-order valence-electron chi connectivity index (χ4n) is 2.54. The highest BCUT2D eigenvalue weighted by Gasteiger charge is 2.49. The van der Waals surface area contributed by atoms with Crippen molar-refractivity contribution in [1.82, 2.24) is 18.9 Å². The molecule has 2 aliphatic rings. The Bertz CT molecular complexity index is 672. The van der Waals surface area contributed by atoms with Gasteiger partial charge in [0.05, 0.1) is 6.04 Å². The van der Waals surface area contributed by atoms with Gasteiger partial charge in [-0.15, -0.1) is 4.28 Å². The summed E-state index contributed by atoms with van der Waals surface area (Å²) >= 11 is 0. The van der Waals surface area contributed by atoms with Gasteiger partial charge in [-0.2, -0.15) is 13.5 Å². The molecule has 0 radical (unpaired) electrons. The van der Waals surface area contributed by atoms with E-state index in [1.54, 1.807) is 0 Å². The van der Waals surface area contributed by atoms with E-state index in [9.17, 15) is 18.0 Å². The first-order chi connectivity index (χ1) is 9.90. The Hall–Kier alpha value is -2.14. The van der Waals surface area contributed by atoms with Crippen molar-refractivity contribution in [3.63, 3.8) is 0 Å². The average Bonchev–Trinajstić information content (AvgIpc) is 3.04. The van der Waals surface area contributed by atoms with E-state index in [1.165, 1.54) is 17.3 Å². The van der Waals surface area contributed by atoms with Crippen LogP contribution in [0.15, 0.2) is 18.7 Å². The lowest BCUT2D eigenvalue weighted by Gasteiger charge is -2.27. The molecule has 2 N–H and O–H groups in total. The summed E-state index contributed by atoms with van der Waals surface area (Å²) in [6.07, 6.45) is 4.34. The second-order valence-electron chi connectivity index (χ2n) is 4.83. The van der Waals surface area contributed by atoms with Crippen LogP contribution in [0.1, 0.15) is 12.8 Å². The van der Waals surface area contributed by atoms with Gasteiger partial charge in [-0.3, -0.25) is 4.79 Å². The molecule has 0 spiro atoms. The third-order valence-corrected chi connectivity index (χ3v) is 4.65. The Balaban J connectivity index is 1.82. The minimum absolute atomic E-state index is 0.214. The van der Waals surface area contributed by atoms with Gasteiger partial charge in [0.1, 0.15) is 12.4 Å². The highest BCUT2D eigenvalue weighted by molar-refractivity contribution is 7.85. The van der Waals surface area contributed by atoms with Crippen LogP contribution in [0.5, 0.6) is 0 Å². The van der Waals surface area contributed by atoms with Gasteiger partial charge < -0.3 is 10.6 Å². The van der Waals surface area contributed by atoms with Crippen LogP contribution in [0.3, 0.4) is 0 Å². The first-order valence-electron chi connectivity index (χ1n) is 6.22. The van der Waals surface area contributed by atoms with Crippen LogP contribution in [0, 0.1) is 0 Å². The Labute approximate surface area is 120 Å². The summed E-state index contributed by atoms with van der Waals surface area (Å²) in [5.74, 6) is -0.610. The second-order valence-corrected chi connectivity index (χ2v) is 6.26. The zero-order valence-electron chi connectivity index (χ0n) is 10.8. The molecule has 2 bridgehead atoms. The standard InChI is InChI=1S/C10H13N5O5S/c11-9(16)8-2-1-7-5-14(8)10(17)15(7)20-21(18,19)13-4-3-12-6-13/h3-4,6-8H,1-2,5H2,(H2,11,16). The van der Waals surface area contributed by atoms with E-state index in [4.69, 9.17) is 10.0 Å². The number of primary amides is 1. The largest absolute Gasteiger partial charge is 0.388 e. The molecule has 2 fully saturated rings. The average molecular weight is 315 g/mol. The van der Waals surface area contributed by atoms with E-state index in [-0.39, 0.29) is 6.54 Å². The van der Waals surface area contributed by atoms with Crippen LogP contribution in [0.2, 0.25) is 0 Å². The zero-order chi connectivity index (χ0) is 15.2. The van der Waals surface area contributed by atoms with Crippen LogP contribution in [0.25, 0.3) is 0 Å². The third-order valence-electron chi connectivity index (χ3n) is 3.56. The van der Waals surface area contributed by atoms with Crippen LogP contribution in [0.4, 0.5) is 4.79 Å². The first-order valence-corrected chi connectivity index (χ1v) is 7.59. The molecule has 11 heteroatoms. The van der Waals surface area contributed by atoms with Crippen molar-refractivity contribution in [2.45, 2.75) is 24.9 Å². The van der Waals surface area contributed by atoms with Crippen LogP contribution in [-0.4, -0.2) is 57.9 Å². The molecular weight excluding hydrogens is 302 g/mol. The molecule has 1 aromatic heterocycles. The van der Waals surface area contributed by atoms with E-state index < -0.39 is 34.3 Å². The van der Waals surface area contributed by atoms with Gasteiger partial charge in [0.25, 0.3) is 0 Å². The summed E-state index contributed by atoms with van der Waals surface area (Å²) in [5, 5.41) is 0.790. The number of amides is 3. The Kier molecular flexibility index (Phi) is 3.10. The van der Waals surface area contributed by atoms with Crippen LogP contribution >= 0.6 is 0 Å². The number of nitrogens with zero attached hydrogens (tertiary/aromatic N) is 4. The second kappa shape index (κ2) is 4.70. The van der Waals surface area contributed by atoms with Crippen molar-refractivity contribution in [2.75, 3.05) is 6.54 Å². The molecule has 3 rings (SSSR count). The van der Waals surface area contributed by atoms with Gasteiger partial charge in [0.2, 0.25) is 5.91 Å². The lowest BCUT2D eigenvalue weighted by atomic mass is 10.0. The topological polar surface area (TPSA) is 128 Å². The summed E-state index contributed by atoms with van der Waals surface area (Å²) in [6, 6.07) is -1.82. The van der Waals surface area contributed by atoms with E-state index in [0.29, 0.717) is 12.8 Å². The Morgan fingerprint density at radius 3 is 2.81 bits per heavy atom. The van der Waals surface area contributed by atoms with Crippen LogP contribution in [-0.2, 0) is 19.4 Å². The zero-order valence-corrected chi connectivity index (χ0v) is 11.6. The molecule has 2 aliphatic heterocycles. The number of carbonyl (C=O) groups excluding carboxylic acids is 2. The van der Waals surface area contributed by atoms with Gasteiger partial charge >= 0.3 is 16.3 Å². The van der Waals surface area contributed by atoms with Gasteiger partial charge in [-0.05, 0) is 12.8 Å². The summed E-state index contributed by atoms with van der Waals surface area (Å²) in [6.45, 7) is 0.214. The molecule has 3 heterocycles. The van der Waals surface area contributed by atoms with E-state index in [0.717, 1.165) is 15.4 Å². The van der Waals surface area contributed by atoms with Gasteiger partial charge in [-0.25, -0.2) is 13.8 Å². The first kappa shape index (κ1) is 13.8. The molecule has 2 unspecified atom stereocenters. The maximum absolute atomic E-state index is 12.2. The maximum atomic E-state index is 12.2. The smallest absolute Gasteiger partial charge is 0.368 e. The molecule has 10 nitrogen and oxygen atoms in total. The molecule has 1 aromatic rings. The van der Waals surface area contributed by atoms with Crippen molar-refractivity contribution < 1.29 is 22.3 Å². The van der Waals surface area contributed by atoms with Gasteiger partial charge in [-0.1, -0.05) is 0 Å². The molecule has 114 valence electrons. The molecule has 0 saturated carbocycles. The quantitative estimate of drug-likeness (QED) is 0.732. The number of fused-ring (bicyclic) bond motifs is 2. The number of hydrogen-bond donors (Lipinski definition) is 1. The van der Waals surface area contributed by atoms with Crippen molar-refractivity contribution in [3.8, 4) is 0 Å². The summed E-state index contributed by atoms with van der Waals surface area (Å²) in [5.41, 5.74) is 5.24. The maximum Gasteiger partial charge on any atom is 0.388 e. The number of rotatable bonds is 4. The van der Waals surface area contributed by atoms with Gasteiger partial charge in [0.15, 0.2) is 0 Å². The molecule has 3 amide bonds. The van der Waals surface area contributed by atoms with E-state index >= 15 is 0 Å². The van der Waals surface area contributed by atoms with Crippen LogP contribution < -0.4 is 5.73 Å². The fraction of sp³-hybridized carbons (Fsp3) is 0.500. The minimum atomic E-state index is -4.19. The van der Waals surface area contributed by atoms with Gasteiger partial charge in [0, 0.05) is 18.9 Å². The number of piperidine rings is 1. The number of imidazole rings is 1. The number of urea groups is 1. The highest BCUT2D eigenvalue weighted by Crippen LogP contribution is 2.30. The SMILES string of the molecule is NC(=O)C1CCC2CN1C(=O)N2OS(=O)(=O)n1ccnc1. The number of hydrogen-bond acceptors (Lipinski definition) is 6. The number of nitrogens with two attached hydrogens (primary N) is 1. The van der Waals surface area contributed by atoms with E-state index in [2.05, 4.69) is 4.98 Å². The van der Waals surface area contributed by atoms with Crippen molar-refractivity contribution in [1.29, 1.82) is 0 Å². The summed E-state index contributed by atoms with van der Waals surface area (Å²) in [7, 11) is -4.19. The lowest BCUT2D eigenvalue weighted by molar-refractivity contribution is -0.122. The third kappa shape index (κ3) is 2.23. The normalized spacial score (nSPS) is 25.4. The van der Waals surface area contributed by atoms with Crippen molar-refractivity contribution in [3.05, 3.63) is 18.7 Å². The monoisotopic (exact) mass is 315 g/mol. The number of carbonyl (C=O) groups is 2. The Morgan fingerprint density at radius 1 is 1.43 bits per heavy atom. The summed E-state index contributed by atoms with van der Waals surface area (Å²) in [4.78, 5) is 28.3.